The van der Waals surface area contributed by atoms with E-state index in [9.17, 15) is 0 Å². The van der Waals surface area contributed by atoms with Gasteiger partial charge in [0.1, 0.15) is 12.7 Å². The number of hydrogen-bond donors (Lipinski definition) is 0. The zero-order valence-corrected chi connectivity index (χ0v) is 11.5. The van der Waals surface area contributed by atoms with Crippen LogP contribution in [0.4, 0.5) is 0 Å². The minimum atomic E-state index is 0.119. The van der Waals surface area contributed by atoms with Crippen LogP contribution in [0.5, 0.6) is 11.5 Å². The van der Waals surface area contributed by atoms with Crippen molar-refractivity contribution in [2.45, 2.75) is 32.3 Å². The molecule has 16 heavy (non-hydrogen) atoms. The number of ether oxygens (including phenoxy) is 2. The molecule has 2 rings (SSSR count). The molecule has 0 aliphatic carbocycles. The topological polar surface area (TPSA) is 18.5 Å². The highest BCUT2D eigenvalue weighted by Crippen LogP contribution is 2.36. The van der Waals surface area contributed by atoms with Crippen LogP contribution in [0.15, 0.2) is 18.2 Å². The van der Waals surface area contributed by atoms with E-state index >= 15 is 0 Å². The maximum absolute atomic E-state index is 5.78. The normalized spacial score (nSPS) is 19.6. The van der Waals surface area contributed by atoms with Gasteiger partial charge in [-0.3, -0.25) is 0 Å². The lowest BCUT2D eigenvalue weighted by Crippen LogP contribution is -2.30. The molecule has 0 N–H and O–H groups in total. The molecule has 0 aromatic heterocycles. The molecule has 0 amide bonds. The van der Waals surface area contributed by atoms with Crippen molar-refractivity contribution in [2.24, 2.45) is 0 Å². The Balaban J connectivity index is 2.28. The summed E-state index contributed by atoms with van der Waals surface area (Å²) in [5.74, 6) is 1.72. The third kappa shape index (κ3) is 2.34. The van der Waals surface area contributed by atoms with Crippen LogP contribution in [0, 0.1) is 0 Å². The number of halogens is 1. The molecule has 0 saturated heterocycles. The van der Waals surface area contributed by atoms with Gasteiger partial charge in [0.25, 0.3) is 0 Å². The lowest BCUT2D eigenvalue weighted by molar-refractivity contribution is 0.108. The van der Waals surface area contributed by atoms with Crippen LogP contribution < -0.4 is 9.47 Å². The van der Waals surface area contributed by atoms with Crippen molar-refractivity contribution in [3.8, 4) is 11.5 Å². The summed E-state index contributed by atoms with van der Waals surface area (Å²) in [5, 5.41) is 0.799. The van der Waals surface area contributed by atoms with Crippen molar-refractivity contribution < 1.29 is 9.47 Å². The average molecular weight is 285 g/mol. The second-order valence-corrected chi connectivity index (χ2v) is 5.76. The van der Waals surface area contributed by atoms with Crippen LogP contribution in [-0.2, 0) is 5.41 Å². The summed E-state index contributed by atoms with van der Waals surface area (Å²) in [4.78, 5) is 0. The highest BCUT2D eigenvalue weighted by molar-refractivity contribution is 9.09. The van der Waals surface area contributed by atoms with E-state index in [1.165, 1.54) is 5.56 Å². The molecule has 0 spiro atoms. The van der Waals surface area contributed by atoms with Gasteiger partial charge in [-0.2, -0.15) is 0 Å². The summed E-state index contributed by atoms with van der Waals surface area (Å²) in [7, 11) is 0. The molecule has 3 heteroatoms. The van der Waals surface area contributed by atoms with Gasteiger partial charge < -0.3 is 9.47 Å². The molecule has 1 aromatic rings. The number of hydrogen-bond acceptors (Lipinski definition) is 2. The Morgan fingerprint density at radius 3 is 2.69 bits per heavy atom. The first-order valence-electron chi connectivity index (χ1n) is 5.50. The monoisotopic (exact) mass is 284 g/mol. The molecule has 0 saturated carbocycles. The van der Waals surface area contributed by atoms with E-state index in [-0.39, 0.29) is 11.5 Å². The van der Waals surface area contributed by atoms with Gasteiger partial charge in [-0.1, -0.05) is 42.8 Å². The molecule has 88 valence electrons. The van der Waals surface area contributed by atoms with Crippen molar-refractivity contribution in [3.63, 3.8) is 0 Å². The Hall–Kier alpha value is -0.700. The molecule has 1 heterocycles. The largest absolute Gasteiger partial charge is 0.486 e. The number of fused-ring (bicyclic) bond motifs is 1. The number of alkyl halides is 1. The van der Waals surface area contributed by atoms with E-state index in [1.807, 2.05) is 6.07 Å². The molecule has 0 radical (unpaired) electrons. The third-order valence-electron chi connectivity index (χ3n) is 2.70. The summed E-state index contributed by atoms with van der Waals surface area (Å²) in [6.07, 6.45) is 0.119. The lowest BCUT2D eigenvalue weighted by atomic mass is 9.87. The molecule has 1 aromatic carbocycles. The van der Waals surface area contributed by atoms with Gasteiger partial charge in [0.05, 0.1) is 0 Å². The van der Waals surface area contributed by atoms with Gasteiger partial charge in [-0.05, 0) is 23.1 Å². The summed E-state index contributed by atoms with van der Waals surface area (Å²) in [6, 6.07) is 6.20. The van der Waals surface area contributed by atoms with Crippen molar-refractivity contribution in [2.75, 3.05) is 11.9 Å². The van der Waals surface area contributed by atoms with E-state index in [1.54, 1.807) is 0 Å². The third-order valence-corrected chi connectivity index (χ3v) is 3.42. The van der Waals surface area contributed by atoms with E-state index in [2.05, 4.69) is 48.8 Å². The number of rotatable bonds is 1. The van der Waals surface area contributed by atoms with Crippen LogP contribution in [0.3, 0.4) is 0 Å². The second kappa shape index (κ2) is 4.28. The smallest absolute Gasteiger partial charge is 0.161 e. The summed E-state index contributed by atoms with van der Waals surface area (Å²) < 4.78 is 11.5. The van der Waals surface area contributed by atoms with E-state index in [0.29, 0.717) is 6.61 Å². The minimum Gasteiger partial charge on any atom is -0.486 e. The molecule has 1 aliphatic heterocycles. The molecule has 1 atom stereocenters. The fraction of sp³-hybridized carbons (Fsp3) is 0.538. The van der Waals surface area contributed by atoms with Crippen LogP contribution in [0.2, 0.25) is 0 Å². The predicted octanol–water partition coefficient (Wildman–Crippen LogP) is 3.52. The Morgan fingerprint density at radius 2 is 2.06 bits per heavy atom. The van der Waals surface area contributed by atoms with Crippen molar-refractivity contribution >= 4 is 15.9 Å². The number of benzene rings is 1. The van der Waals surface area contributed by atoms with Crippen molar-refractivity contribution in [1.29, 1.82) is 0 Å². The van der Waals surface area contributed by atoms with E-state index < -0.39 is 0 Å². The van der Waals surface area contributed by atoms with Gasteiger partial charge >= 0.3 is 0 Å². The van der Waals surface area contributed by atoms with Gasteiger partial charge in [-0.15, -0.1) is 0 Å². The van der Waals surface area contributed by atoms with E-state index in [0.717, 1.165) is 16.8 Å². The zero-order chi connectivity index (χ0) is 11.8. The first-order valence-corrected chi connectivity index (χ1v) is 6.63. The SMILES string of the molecule is CC(C)(C)c1ccc2c(c1)OCC(CBr)O2. The van der Waals surface area contributed by atoms with Crippen molar-refractivity contribution in [1.82, 2.24) is 0 Å². The summed E-state index contributed by atoms with van der Waals surface area (Å²) in [6.45, 7) is 7.20. The Labute approximate surface area is 105 Å². The molecular weight excluding hydrogens is 268 g/mol. The molecule has 0 fully saturated rings. The fourth-order valence-corrected chi connectivity index (χ4v) is 1.98. The quantitative estimate of drug-likeness (QED) is 0.735. The first-order chi connectivity index (χ1) is 7.50. The average Bonchev–Trinajstić information content (AvgIpc) is 2.26. The molecule has 1 unspecified atom stereocenters. The van der Waals surface area contributed by atoms with Crippen LogP contribution in [0.25, 0.3) is 0 Å². The molecule has 0 bridgehead atoms. The van der Waals surface area contributed by atoms with Gasteiger partial charge in [0.2, 0.25) is 0 Å². The van der Waals surface area contributed by atoms with E-state index in [4.69, 9.17) is 9.47 Å². The van der Waals surface area contributed by atoms with Gasteiger partial charge in [0, 0.05) is 5.33 Å². The van der Waals surface area contributed by atoms with Crippen LogP contribution >= 0.6 is 15.9 Å². The first kappa shape index (κ1) is 11.8. The molecular formula is C13H17BrO2. The standard InChI is InChI=1S/C13H17BrO2/c1-13(2,3)9-4-5-11-12(6-9)15-8-10(7-14)16-11/h4-6,10H,7-8H2,1-3H3. The maximum atomic E-state index is 5.78. The second-order valence-electron chi connectivity index (χ2n) is 5.12. The summed E-state index contributed by atoms with van der Waals surface area (Å²) in [5.41, 5.74) is 1.41. The molecule has 1 aliphatic rings. The lowest BCUT2D eigenvalue weighted by Gasteiger charge is -2.27. The highest BCUT2D eigenvalue weighted by Gasteiger charge is 2.22. The Morgan fingerprint density at radius 1 is 1.31 bits per heavy atom. The zero-order valence-electron chi connectivity index (χ0n) is 9.92. The molecule has 2 nitrogen and oxygen atoms in total. The van der Waals surface area contributed by atoms with Gasteiger partial charge in [0.15, 0.2) is 11.5 Å². The van der Waals surface area contributed by atoms with Gasteiger partial charge in [-0.25, -0.2) is 0 Å². The van der Waals surface area contributed by atoms with Crippen molar-refractivity contribution in [3.05, 3.63) is 23.8 Å². The predicted molar refractivity (Wildman–Crippen MR) is 68.8 cm³/mol. The Kier molecular flexibility index (Phi) is 3.15. The highest BCUT2D eigenvalue weighted by atomic mass is 79.9. The maximum Gasteiger partial charge on any atom is 0.161 e. The van der Waals surface area contributed by atoms with Crippen LogP contribution in [-0.4, -0.2) is 18.0 Å². The van der Waals surface area contributed by atoms with Crippen LogP contribution in [0.1, 0.15) is 26.3 Å². The minimum absolute atomic E-state index is 0.119. The fourth-order valence-electron chi connectivity index (χ4n) is 1.66. The Bertz CT molecular complexity index is 382. The summed E-state index contributed by atoms with van der Waals surface area (Å²) >= 11 is 3.40.